The largest absolute Gasteiger partial charge is 0.491 e. The van der Waals surface area contributed by atoms with Crippen LogP contribution in [-0.2, 0) is 12.7 Å². The molecule has 0 spiro atoms. The van der Waals surface area contributed by atoms with Gasteiger partial charge >= 0.3 is 6.18 Å². The molecule has 1 saturated heterocycles. The maximum Gasteiger partial charge on any atom is 0.416 e. The first-order valence-corrected chi connectivity index (χ1v) is 9.47. The van der Waals surface area contributed by atoms with Crippen LogP contribution in [0, 0.1) is 5.82 Å². The van der Waals surface area contributed by atoms with Crippen molar-refractivity contribution >= 4 is 0 Å². The number of nitrogens with zero attached hydrogens (tertiary/aromatic N) is 2. The summed E-state index contributed by atoms with van der Waals surface area (Å²) in [6, 6.07) is 11.1. The van der Waals surface area contributed by atoms with Crippen LogP contribution in [0.3, 0.4) is 0 Å². The first kappa shape index (κ1) is 21.5. The van der Waals surface area contributed by atoms with Gasteiger partial charge in [0.2, 0.25) is 0 Å². The van der Waals surface area contributed by atoms with Gasteiger partial charge in [-0.15, -0.1) is 0 Å². The van der Waals surface area contributed by atoms with E-state index >= 15 is 0 Å². The molecule has 1 aliphatic heterocycles. The zero-order valence-corrected chi connectivity index (χ0v) is 15.9. The van der Waals surface area contributed by atoms with Gasteiger partial charge in [-0.1, -0.05) is 18.2 Å². The summed E-state index contributed by atoms with van der Waals surface area (Å²) < 4.78 is 56.8. The van der Waals surface area contributed by atoms with Crippen LogP contribution >= 0.6 is 0 Å². The van der Waals surface area contributed by atoms with E-state index in [1.54, 1.807) is 12.1 Å². The fourth-order valence-corrected chi connectivity index (χ4v) is 3.28. The maximum absolute atomic E-state index is 13.8. The Kier molecular flexibility index (Phi) is 7.10. The SMILES string of the molecule is O[C@@H](COc1ccc(C(F)(F)F)cc1)CN1CCN(Cc2ccccc2F)CC1. The van der Waals surface area contributed by atoms with Gasteiger partial charge in [0.1, 0.15) is 24.3 Å². The molecule has 0 unspecified atom stereocenters. The average molecular weight is 412 g/mol. The first-order valence-electron chi connectivity index (χ1n) is 9.47. The monoisotopic (exact) mass is 412 g/mol. The molecular weight excluding hydrogens is 388 g/mol. The minimum absolute atomic E-state index is 0.000799. The quantitative estimate of drug-likeness (QED) is 0.708. The van der Waals surface area contributed by atoms with Gasteiger partial charge in [-0.2, -0.15) is 13.2 Å². The number of rotatable bonds is 7. The molecule has 2 aromatic carbocycles. The van der Waals surface area contributed by atoms with Crippen LogP contribution < -0.4 is 4.74 Å². The Labute approximate surface area is 167 Å². The summed E-state index contributed by atoms with van der Waals surface area (Å²) >= 11 is 0. The fraction of sp³-hybridized carbons (Fsp3) is 0.429. The number of benzene rings is 2. The molecule has 4 nitrogen and oxygen atoms in total. The Bertz CT molecular complexity index is 775. The highest BCUT2D eigenvalue weighted by atomic mass is 19.4. The molecule has 1 heterocycles. The zero-order chi connectivity index (χ0) is 20.9. The lowest BCUT2D eigenvalue weighted by Gasteiger charge is -2.35. The Morgan fingerprint density at radius 2 is 1.55 bits per heavy atom. The van der Waals surface area contributed by atoms with Crippen LogP contribution in [0.25, 0.3) is 0 Å². The van der Waals surface area contributed by atoms with Crippen molar-refractivity contribution in [3.8, 4) is 5.75 Å². The molecule has 29 heavy (non-hydrogen) atoms. The van der Waals surface area contributed by atoms with Crippen molar-refractivity contribution in [3.05, 3.63) is 65.5 Å². The Hall–Kier alpha value is -2.16. The molecule has 0 saturated carbocycles. The van der Waals surface area contributed by atoms with Gasteiger partial charge in [0.25, 0.3) is 0 Å². The van der Waals surface area contributed by atoms with Gasteiger partial charge in [0, 0.05) is 44.8 Å². The molecule has 158 valence electrons. The van der Waals surface area contributed by atoms with E-state index in [0.717, 1.165) is 38.3 Å². The van der Waals surface area contributed by atoms with Crippen molar-refractivity contribution in [2.24, 2.45) is 0 Å². The van der Waals surface area contributed by atoms with Gasteiger partial charge < -0.3 is 9.84 Å². The van der Waals surface area contributed by atoms with Crippen LogP contribution in [0.2, 0.25) is 0 Å². The van der Waals surface area contributed by atoms with Crippen molar-refractivity contribution in [2.75, 3.05) is 39.3 Å². The summed E-state index contributed by atoms with van der Waals surface area (Å²) in [6.07, 6.45) is -5.14. The summed E-state index contributed by atoms with van der Waals surface area (Å²) in [5, 5.41) is 10.2. The second kappa shape index (κ2) is 9.56. The normalized spacial score (nSPS) is 17.3. The minimum atomic E-state index is -4.38. The maximum atomic E-state index is 13.8. The summed E-state index contributed by atoms with van der Waals surface area (Å²) in [5.74, 6) is 0.0810. The molecule has 1 atom stereocenters. The Morgan fingerprint density at radius 3 is 2.17 bits per heavy atom. The first-order chi connectivity index (χ1) is 13.8. The molecule has 0 aromatic heterocycles. The molecule has 1 fully saturated rings. The lowest BCUT2D eigenvalue weighted by atomic mass is 10.2. The van der Waals surface area contributed by atoms with Crippen LogP contribution in [-0.4, -0.2) is 60.3 Å². The fourth-order valence-electron chi connectivity index (χ4n) is 3.28. The molecule has 0 aliphatic carbocycles. The molecule has 0 bridgehead atoms. The number of β-amino-alcohol motifs (C(OH)–C–C–N with tert-alkyl or cyclic N) is 1. The summed E-state index contributed by atoms with van der Waals surface area (Å²) in [5.41, 5.74) is -0.0652. The number of ether oxygens (including phenoxy) is 1. The van der Waals surface area contributed by atoms with E-state index < -0.39 is 17.8 Å². The molecule has 2 aromatic rings. The molecule has 3 rings (SSSR count). The lowest BCUT2D eigenvalue weighted by molar-refractivity contribution is -0.137. The third kappa shape index (κ3) is 6.42. The standard InChI is InChI=1S/C21H24F4N2O2/c22-20-4-2-1-3-16(20)13-26-9-11-27(12-10-26)14-18(28)15-29-19-7-5-17(6-8-19)21(23,24)25/h1-8,18,28H,9-15H2/t18-/m1/s1. The second-order valence-corrected chi connectivity index (χ2v) is 7.16. The molecule has 0 amide bonds. The van der Waals surface area contributed by atoms with Crippen molar-refractivity contribution in [1.82, 2.24) is 9.80 Å². The highest BCUT2D eigenvalue weighted by molar-refractivity contribution is 5.28. The molecular formula is C21H24F4N2O2. The lowest BCUT2D eigenvalue weighted by Crippen LogP contribution is -2.48. The third-order valence-corrected chi connectivity index (χ3v) is 4.91. The van der Waals surface area contributed by atoms with Crippen molar-refractivity contribution in [3.63, 3.8) is 0 Å². The predicted molar refractivity (Wildman–Crippen MR) is 101 cm³/mol. The number of hydrogen-bond donors (Lipinski definition) is 1. The van der Waals surface area contributed by atoms with Crippen LogP contribution in [0.4, 0.5) is 17.6 Å². The van der Waals surface area contributed by atoms with Gasteiger partial charge in [-0.05, 0) is 30.3 Å². The smallest absolute Gasteiger partial charge is 0.416 e. The van der Waals surface area contributed by atoms with E-state index in [0.29, 0.717) is 18.7 Å². The number of hydrogen-bond acceptors (Lipinski definition) is 4. The molecule has 0 radical (unpaired) electrons. The van der Waals surface area contributed by atoms with E-state index in [1.165, 1.54) is 18.2 Å². The number of aliphatic hydroxyl groups is 1. The van der Waals surface area contributed by atoms with E-state index in [4.69, 9.17) is 4.74 Å². The summed E-state index contributed by atoms with van der Waals surface area (Å²) in [6.45, 7) is 3.98. The number of piperazine rings is 1. The highest BCUT2D eigenvalue weighted by Crippen LogP contribution is 2.30. The van der Waals surface area contributed by atoms with Crippen molar-refractivity contribution < 1.29 is 27.4 Å². The average Bonchev–Trinajstić information content (AvgIpc) is 2.69. The predicted octanol–water partition coefficient (Wildman–Crippen LogP) is 3.40. The van der Waals surface area contributed by atoms with Crippen molar-refractivity contribution in [2.45, 2.75) is 18.8 Å². The minimum Gasteiger partial charge on any atom is -0.491 e. The second-order valence-electron chi connectivity index (χ2n) is 7.16. The number of alkyl halides is 3. The van der Waals surface area contributed by atoms with Crippen molar-refractivity contribution in [1.29, 1.82) is 0 Å². The van der Waals surface area contributed by atoms with Gasteiger partial charge in [-0.25, -0.2) is 4.39 Å². The van der Waals surface area contributed by atoms with E-state index in [2.05, 4.69) is 9.80 Å². The summed E-state index contributed by atoms with van der Waals surface area (Å²) in [7, 11) is 0. The van der Waals surface area contributed by atoms with Crippen LogP contribution in [0.5, 0.6) is 5.75 Å². The van der Waals surface area contributed by atoms with E-state index in [1.807, 2.05) is 6.07 Å². The van der Waals surface area contributed by atoms with Gasteiger partial charge in [-0.3, -0.25) is 9.80 Å². The third-order valence-electron chi connectivity index (χ3n) is 4.91. The van der Waals surface area contributed by atoms with E-state index in [9.17, 15) is 22.7 Å². The highest BCUT2D eigenvalue weighted by Gasteiger charge is 2.30. The molecule has 1 N–H and O–H groups in total. The molecule has 1 aliphatic rings. The number of aliphatic hydroxyl groups excluding tert-OH is 1. The topological polar surface area (TPSA) is 35.9 Å². The number of halogens is 4. The van der Waals surface area contributed by atoms with Crippen LogP contribution in [0.1, 0.15) is 11.1 Å². The zero-order valence-electron chi connectivity index (χ0n) is 15.9. The Balaban J connectivity index is 1.38. The molecule has 8 heteroatoms. The van der Waals surface area contributed by atoms with E-state index in [-0.39, 0.29) is 18.2 Å². The van der Waals surface area contributed by atoms with Crippen LogP contribution in [0.15, 0.2) is 48.5 Å². The summed E-state index contributed by atoms with van der Waals surface area (Å²) in [4.78, 5) is 4.26. The Morgan fingerprint density at radius 1 is 0.931 bits per heavy atom. The van der Waals surface area contributed by atoms with Gasteiger partial charge in [0.15, 0.2) is 0 Å². The van der Waals surface area contributed by atoms with Gasteiger partial charge in [0.05, 0.1) is 5.56 Å².